The average molecular weight is 526 g/mol. The van der Waals surface area contributed by atoms with Crippen LogP contribution in [0.5, 0.6) is 0 Å². The first kappa shape index (κ1) is 26.2. The summed E-state index contributed by atoms with van der Waals surface area (Å²) in [5.74, 6) is -1.11. The number of furan rings is 1. The third-order valence-corrected chi connectivity index (χ3v) is 7.01. The Bertz CT molecular complexity index is 1420. The predicted molar refractivity (Wildman–Crippen MR) is 147 cm³/mol. The number of para-hydroxylation sites is 1. The molecule has 1 aromatic heterocycles. The lowest BCUT2D eigenvalue weighted by molar-refractivity contribution is -0.136. The number of hydrogen-bond acceptors (Lipinski definition) is 5. The third kappa shape index (κ3) is 6.02. The van der Waals surface area contributed by atoms with Crippen molar-refractivity contribution in [3.05, 3.63) is 108 Å². The third-order valence-electron chi connectivity index (χ3n) is 7.01. The van der Waals surface area contributed by atoms with Gasteiger partial charge < -0.3 is 24.6 Å². The summed E-state index contributed by atoms with van der Waals surface area (Å²) in [6.07, 6.45) is -0.501. The zero-order valence-electron chi connectivity index (χ0n) is 21.7. The molecule has 8 nitrogen and oxygen atoms in total. The van der Waals surface area contributed by atoms with Crippen molar-refractivity contribution in [3.63, 3.8) is 0 Å². The maximum atomic E-state index is 13.6. The largest absolute Gasteiger partial charge is 0.451 e. The lowest BCUT2D eigenvalue weighted by Crippen LogP contribution is -2.54. The van der Waals surface area contributed by atoms with Crippen molar-refractivity contribution >= 4 is 28.7 Å². The molecule has 0 spiro atoms. The second-order valence-corrected chi connectivity index (χ2v) is 9.94. The molecule has 0 radical (unpaired) electrons. The van der Waals surface area contributed by atoms with Gasteiger partial charge in [-0.1, -0.05) is 78.9 Å². The summed E-state index contributed by atoms with van der Waals surface area (Å²) in [6, 6.07) is 26.2. The molecule has 2 heterocycles. The molecular formula is C31H31N3O5. The Hall–Kier alpha value is -4.43. The fraction of sp³-hybridized carbons (Fsp3) is 0.258. The number of likely N-dealkylation sites (N-methyl/N-ethyl adjacent to an activating group) is 1. The van der Waals surface area contributed by atoms with Gasteiger partial charge in [-0.3, -0.25) is 14.4 Å². The quantitative estimate of drug-likeness (QED) is 0.367. The van der Waals surface area contributed by atoms with Crippen LogP contribution in [0, 0.1) is 0 Å². The summed E-state index contributed by atoms with van der Waals surface area (Å²) < 4.78 is 5.73. The molecule has 0 bridgehead atoms. The summed E-state index contributed by atoms with van der Waals surface area (Å²) in [4.78, 5) is 43.4. The molecule has 4 aromatic rings. The zero-order chi connectivity index (χ0) is 27.4. The number of nitrogens with one attached hydrogen (secondary N) is 1. The predicted octanol–water partition coefficient (Wildman–Crippen LogP) is 3.39. The molecular weight excluding hydrogens is 494 g/mol. The van der Waals surface area contributed by atoms with Crippen LogP contribution >= 0.6 is 0 Å². The van der Waals surface area contributed by atoms with Gasteiger partial charge in [-0.2, -0.15) is 0 Å². The number of nitrogens with zero attached hydrogens (tertiary/aromatic N) is 2. The van der Waals surface area contributed by atoms with E-state index < -0.39 is 30.0 Å². The molecule has 0 aliphatic carbocycles. The van der Waals surface area contributed by atoms with Gasteiger partial charge in [-0.25, -0.2) is 0 Å². The molecule has 39 heavy (non-hydrogen) atoms. The van der Waals surface area contributed by atoms with E-state index in [-0.39, 0.29) is 31.1 Å². The molecule has 1 aliphatic rings. The first-order chi connectivity index (χ1) is 18.9. The average Bonchev–Trinajstić information content (AvgIpc) is 3.57. The number of rotatable bonds is 8. The topological polar surface area (TPSA) is 103 Å². The molecule has 200 valence electrons. The summed E-state index contributed by atoms with van der Waals surface area (Å²) >= 11 is 0. The Kier molecular flexibility index (Phi) is 7.74. The van der Waals surface area contributed by atoms with Crippen LogP contribution in [-0.2, 0) is 22.6 Å². The van der Waals surface area contributed by atoms with Crippen LogP contribution in [0.2, 0.25) is 0 Å². The van der Waals surface area contributed by atoms with E-state index in [1.165, 1.54) is 4.90 Å². The van der Waals surface area contributed by atoms with E-state index in [0.29, 0.717) is 12.1 Å². The SMILES string of the molecule is CN(Cc1ccccc1)C(=O)C(Cc1ccccc1)NC(=O)C1CC(O)CN1C(=O)c1cc2ccccc2o1. The fourth-order valence-corrected chi connectivity index (χ4v) is 5.03. The van der Waals surface area contributed by atoms with Crippen LogP contribution in [0.4, 0.5) is 0 Å². The maximum absolute atomic E-state index is 13.6. The molecule has 8 heteroatoms. The molecule has 5 rings (SSSR count). The van der Waals surface area contributed by atoms with Crippen molar-refractivity contribution in [2.45, 2.75) is 37.6 Å². The molecule has 3 unspecified atom stereocenters. The Morgan fingerprint density at radius 3 is 2.31 bits per heavy atom. The van der Waals surface area contributed by atoms with E-state index in [2.05, 4.69) is 5.32 Å². The summed E-state index contributed by atoms with van der Waals surface area (Å²) in [5.41, 5.74) is 2.43. The van der Waals surface area contributed by atoms with Gasteiger partial charge in [0.25, 0.3) is 5.91 Å². The fourth-order valence-electron chi connectivity index (χ4n) is 5.03. The molecule has 0 saturated carbocycles. The molecule has 3 amide bonds. The number of aliphatic hydroxyl groups excluding tert-OH is 1. The number of amides is 3. The number of carbonyl (C=O) groups is 3. The number of benzene rings is 3. The highest BCUT2D eigenvalue weighted by Crippen LogP contribution is 2.25. The van der Waals surface area contributed by atoms with Gasteiger partial charge >= 0.3 is 0 Å². The molecule has 1 fully saturated rings. The van der Waals surface area contributed by atoms with E-state index in [0.717, 1.165) is 16.5 Å². The lowest BCUT2D eigenvalue weighted by atomic mass is 10.0. The van der Waals surface area contributed by atoms with Crippen molar-refractivity contribution < 1.29 is 23.9 Å². The first-order valence-electron chi connectivity index (χ1n) is 13.0. The van der Waals surface area contributed by atoms with E-state index >= 15 is 0 Å². The van der Waals surface area contributed by atoms with Crippen LogP contribution in [0.15, 0.2) is 95.4 Å². The number of hydrogen-bond donors (Lipinski definition) is 2. The Morgan fingerprint density at radius 1 is 0.974 bits per heavy atom. The minimum atomic E-state index is -0.939. The van der Waals surface area contributed by atoms with Gasteiger partial charge in [0.1, 0.15) is 17.7 Å². The van der Waals surface area contributed by atoms with Gasteiger partial charge in [-0.05, 0) is 23.3 Å². The van der Waals surface area contributed by atoms with E-state index in [4.69, 9.17) is 4.42 Å². The van der Waals surface area contributed by atoms with Crippen LogP contribution in [0.3, 0.4) is 0 Å². The molecule has 3 aromatic carbocycles. The maximum Gasteiger partial charge on any atom is 0.290 e. The van der Waals surface area contributed by atoms with Crippen LogP contribution in [-0.4, -0.2) is 64.4 Å². The second-order valence-electron chi connectivity index (χ2n) is 9.94. The van der Waals surface area contributed by atoms with Crippen molar-refractivity contribution in [2.75, 3.05) is 13.6 Å². The monoisotopic (exact) mass is 525 g/mol. The highest BCUT2D eigenvalue weighted by molar-refractivity contribution is 5.99. The second kappa shape index (κ2) is 11.5. The van der Waals surface area contributed by atoms with Gasteiger partial charge in [-0.15, -0.1) is 0 Å². The normalized spacial score (nSPS) is 17.6. The molecule has 1 saturated heterocycles. The van der Waals surface area contributed by atoms with Gasteiger partial charge in [0.05, 0.1) is 6.10 Å². The molecule has 2 N–H and O–H groups in total. The number of aliphatic hydroxyl groups is 1. The number of fused-ring (bicyclic) bond motifs is 1. The smallest absolute Gasteiger partial charge is 0.290 e. The van der Waals surface area contributed by atoms with Crippen molar-refractivity contribution in [2.24, 2.45) is 0 Å². The Labute approximate surface area is 226 Å². The summed E-state index contributed by atoms with van der Waals surface area (Å²) in [6.45, 7) is 0.388. The molecule has 3 atom stereocenters. The van der Waals surface area contributed by atoms with Crippen LogP contribution in [0.1, 0.15) is 28.1 Å². The number of likely N-dealkylation sites (tertiary alicyclic amines) is 1. The van der Waals surface area contributed by atoms with Gasteiger partial charge in [0, 0.05) is 38.4 Å². The van der Waals surface area contributed by atoms with E-state index in [9.17, 15) is 19.5 Å². The van der Waals surface area contributed by atoms with Gasteiger partial charge in [0.15, 0.2) is 5.76 Å². The van der Waals surface area contributed by atoms with Crippen LogP contribution < -0.4 is 5.32 Å². The van der Waals surface area contributed by atoms with Crippen molar-refractivity contribution in [3.8, 4) is 0 Å². The molecule has 1 aliphatic heterocycles. The minimum Gasteiger partial charge on any atom is -0.451 e. The minimum absolute atomic E-state index is 0.000820. The summed E-state index contributed by atoms with van der Waals surface area (Å²) in [7, 11) is 1.70. The first-order valence-corrected chi connectivity index (χ1v) is 13.0. The van der Waals surface area contributed by atoms with Crippen molar-refractivity contribution in [1.29, 1.82) is 0 Å². The highest BCUT2D eigenvalue weighted by atomic mass is 16.3. The number of carbonyl (C=O) groups excluding carboxylic acids is 3. The van der Waals surface area contributed by atoms with E-state index in [1.54, 1.807) is 24.1 Å². The van der Waals surface area contributed by atoms with E-state index in [1.807, 2.05) is 78.9 Å². The zero-order valence-corrected chi connectivity index (χ0v) is 21.7. The van der Waals surface area contributed by atoms with Crippen molar-refractivity contribution in [1.82, 2.24) is 15.1 Å². The number of β-amino-alcohol motifs (C(OH)–C–C–N with tert-alkyl or cyclic N) is 1. The standard InChI is InChI=1S/C31H31N3O5/c1-33(19-22-12-6-3-7-13-22)30(37)25(16-21-10-4-2-5-11-21)32-29(36)26-18-24(35)20-34(26)31(38)28-17-23-14-8-9-15-27(23)39-28/h2-15,17,24-26,35H,16,18-20H2,1H3,(H,32,36). The van der Waals surface area contributed by atoms with Crippen LogP contribution in [0.25, 0.3) is 11.0 Å². The summed E-state index contributed by atoms with van der Waals surface area (Å²) in [5, 5.41) is 14.1. The highest BCUT2D eigenvalue weighted by Gasteiger charge is 2.41. The lowest BCUT2D eigenvalue weighted by Gasteiger charge is -2.28. The Balaban J connectivity index is 1.35. The van der Waals surface area contributed by atoms with Gasteiger partial charge in [0.2, 0.25) is 11.8 Å². The Morgan fingerprint density at radius 2 is 1.62 bits per heavy atom.